The Morgan fingerprint density at radius 1 is 0.452 bits per heavy atom. The molecule has 4 atom stereocenters. The third-order valence-electron chi connectivity index (χ3n) is 10.7. The summed E-state index contributed by atoms with van der Waals surface area (Å²) in [5.41, 5.74) is 13.6. The molecule has 0 aliphatic rings. The molecule has 62 heavy (non-hydrogen) atoms. The lowest BCUT2D eigenvalue weighted by Gasteiger charge is -2.22. The fourth-order valence-electron chi connectivity index (χ4n) is 7.17. The van der Waals surface area contributed by atoms with Gasteiger partial charge in [-0.3, -0.25) is 28.8 Å². The van der Waals surface area contributed by atoms with Gasteiger partial charge in [0.1, 0.15) is 24.2 Å². The van der Waals surface area contributed by atoms with E-state index in [4.69, 9.17) is 11.5 Å². The van der Waals surface area contributed by atoms with E-state index in [0.29, 0.717) is 37.7 Å². The summed E-state index contributed by atoms with van der Waals surface area (Å²) in [5.74, 6) is -4.46. The second-order valence-corrected chi connectivity index (χ2v) is 15.9. The van der Waals surface area contributed by atoms with Crippen molar-refractivity contribution in [1.82, 2.24) is 21.3 Å². The second kappa shape index (κ2) is 29.2. The third-order valence-corrected chi connectivity index (χ3v) is 10.7. The molecule has 0 unspecified atom stereocenters. The number of aryl methyl sites for hydroxylation is 1. The molecule has 0 radical (unpaired) electrons. The zero-order chi connectivity index (χ0) is 45.0. The lowest BCUT2D eigenvalue weighted by atomic mass is 10.0. The molecule has 14 nitrogen and oxygen atoms in total. The van der Waals surface area contributed by atoms with Gasteiger partial charge in [0.25, 0.3) is 0 Å². The Morgan fingerprint density at radius 2 is 0.823 bits per heavy atom. The zero-order valence-corrected chi connectivity index (χ0v) is 35.9. The van der Waals surface area contributed by atoms with Gasteiger partial charge in [0.15, 0.2) is 0 Å². The third kappa shape index (κ3) is 21.5. The number of hydrogen-bond donors (Lipinski definition) is 7. The molecule has 3 aromatic rings. The molecule has 6 amide bonds. The number of carbonyl (C=O) groups is 7. The highest BCUT2D eigenvalue weighted by molar-refractivity contribution is 5.94. The number of benzene rings is 3. The van der Waals surface area contributed by atoms with E-state index in [0.717, 1.165) is 75.3 Å². The Bertz CT molecular complexity index is 1830. The van der Waals surface area contributed by atoms with Crippen LogP contribution in [0.25, 0.3) is 0 Å². The van der Waals surface area contributed by atoms with Crippen molar-refractivity contribution in [2.75, 3.05) is 0 Å². The van der Waals surface area contributed by atoms with E-state index >= 15 is 0 Å². The summed E-state index contributed by atoms with van der Waals surface area (Å²) in [6.07, 6.45) is 12.9. The molecule has 9 N–H and O–H groups in total. The normalized spacial score (nSPS) is 12.8. The molecule has 14 heteroatoms. The maximum atomic E-state index is 13.4. The Morgan fingerprint density at radius 3 is 1.24 bits per heavy atom. The fourth-order valence-corrected chi connectivity index (χ4v) is 7.17. The minimum Gasteiger partial charge on any atom is -0.480 e. The van der Waals surface area contributed by atoms with Gasteiger partial charge in [-0.1, -0.05) is 155 Å². The Labute approximate surface area is 365 Å². The van der Waals surface area contributed by atoms with Gasteiger partial charge >= 0.3 is 5.97 Å². The molecule has 0 fully saturated rings. The molecule has 336 valence electrons. The molecule has 0 saturated carbocycles. The van der Waals surface area contributed by atoms with Gasteiger partial charge < -0.3 is 37.8 Å². The summed E-state index contributed by atoms with van der Waals surface area (Å²) in [7, 11) is 0. The Hall–Kier alpha value is -6.05. The fraction of sp³-hybridized carbons (Fsp3) is 0.479. The molecule has 3 aromatic carbocycles. The molecule has 0 aliphatic carbocycles. The average Bonchev–Trinajstić information content (AvgIpc) is 3.25. The van der Waals surface area contributed by atoms with Crippen LogP contribution in [0.3, 0.4) is 0 Å². The summed E-state index contributed by atoms with van der Waals surface area (Å²) < 4.78 is 0. The molecule has 3 rings (SSSR count). The average molecular weight is 855 g/mol. The quantitative estimate of drug-likeness (QED) is 0.0423. The number of nitrogens with one attached hydrogen (secondary N) is 4. The van der Waals surface area contributed by atoms with E-state index in [9.17, 15) is 38.7 Å². The summed E-state index contributed by atoms with van der Waals surface area (Å²) in [6.45, 7) is 0. The van der Waals surface area contributed by atoms with Crippen LogP contribution in [0.1, 0.15) is 119 Å². The maximum absolute atomic E-state index is 13.4. The number of aliphatic carboxylic acids is 1. The van der Waals surface area contributed by atoms with Crippen LogP contribution < -0.4 is 32.7 Å². The molecule has 0 bridgehead atoms. The number of rotatable bonds is 32. The summed E-state index contributed by atoms with van der Waals surface area (Å²) >= 11 is 0. The van der Waals surface area contributed by atoms with Gasteiger partial charge in [-0.25, -0.2) is 4.79 Å². The predicted octanol–water partition coefficient (Wildman–Crippen LogP) is 4.95. The number of carboxylic acid groups (broad SMARTS) is 1. The van der Waals surface area contributed by atoms with E-state index in [2.05, 4.69) is 21.3 Å². The topological polar surface area (TPSA) is 240 Å². The van der Waals surface area contributed by atoms with Crippen LogP contribution in [-0.2, 0) is 52.8 Å². The van der Waals surface area contributed by atoms with Crippen LogP contribution in [-0.4, -0.2) is 70.7 Å². The van der Waals surface area contributed by atoms with E-state index < -0.39 is 66.1 Å². The SMILES string of the molecule is NC(=O)C[C@H](NC(=O)CCCCCCCCCCCCCCC(=O)N[C@@H](CCc1ccccc1)C(=O)N[C@@H](Cc1ccccc1)C(N)=O)C(=O)N[C@@H](Cc1ccccc1)C(=O)O. The summed E-state index contributed by atoms with van der Waals surface area (Å²) in [6, 6.07) is 23.7. The number of nitrogens with two attached hydrogens (primary N) is 2. The molecule has 0 heterocycles. The number of primary amides is 2. The number of carbonyl (C=O) groups excluding carboxylic acids is 6. The van der Waals surface area contributed by atoms with Crippen molar-refractivity contribution in [3.05, 3.63) is 108 Å². The van der Waals surface area contributed by atoms with E-state index in [1.165, 1.54) is 0 Å². The number of hydrogen-bond acceptors (Lipinski definition) is 7. The van der Waals surface area contributed by atoms with E-state index in [1.54, 1.807) is 30.3 Å². The van der Waals surface area contributed by atoms with Crippen molar-refractivity contribution in [2.45, 2.75) is 146 Å². The minimum atomic E-state index is -1.26. The van der Waals surface area contributed by atoms with E-state index in [1.807, 2.05) is 60.7 Å². The largest absolute Gasteiger partial charge is 0.480 e. The highest BCUT2D eigenvalue weighted by Gasteiger charge is 2.28. The predicted molar refractivity (Wildman–Crippen MR) is 238 cm³/mol. The highest BCUT2D eigenvalue weighted by Crippen LogP contribution is 2.14. The first-order valence-electron chi connectivity index (χ1n) is 22.0. The zero-order valence-electron chi connectivity index (χ0n) is 35.9. The smallest absolute Gasteiger partial charge is 0.326 e. The molecule has 0 spiro atoms. The van der Waals surface area contributed by atoms with Crippen molar-refractivity contribution in [2.24, 2.45) is 11.5 Å². The van der Waals surface area contributed by atoms with Gasteiger partial charge in [-0.05, 0) is 42.4 Å². The van der Waals surface area contributed by atoms with Crippen LogP contribution >= 0.6 is 0 Å². The highest BCUT2D eigenvalue weighted by atomic mass is 16.4. The van der Waals surface area contributed by atoms with Crippen molar-refractivity contribution in [3.8, 4) is 0 Å². The number of carboxylic acids is 1. The lowest BCUT2D eigenvalue weighted by Crippen LogP contribution is -2.53. The Kier molecular flexibility index (Phi) is 23.7. The van der Waals surface area contributed by atoms with E-state index in [-0.39, 0.29) is 25.2 Å². The molecular formula is C48H66N6O8. The van der Waals surface area contributed by atoms with Gasteiger partial charge in [0.2, 0.25) is 35.4 Å². The Balaban J connectivity index is 1.26. The van der Waals surface area contributed by atoms with Crippen molar-refractivity contribution >= 4 is 41.4 Å². The molecule has 0 aromatic heterocycles. The number of unbranched alkanes of at least 4 members (excludes halogenated alkanes) is 11. The van der Waals surface area contributed by atoms with Crippen LogP contribution in [0, 0.1) is 0 Å². The van der Waals surface area contributed by atoms with Crippen molar-refractivity contribution < 1.29 is 38.7 Å². The van der Waals surface area contributed by atoms with Crippen LogP contribution in [0.4, 0.5) is 0 Å². The molecular weight excluding hydrogens is 789 g/mol. The van der Waals surface area contributed by atoms with Gasteiger partial charge in [0, 0.05) is 25.7 Å². The summed E-state index contributed by atoms with van der Waals surface area (Å²) in [5, 5.41) is 20.3. The van der Waals surface area contributed by atoms with Crippen LogP contribution in [0.5, 0.6) is 0 Å². The first kappa shape index (κ1) is 50.3. The van der Waals surface area contributed by atoms with Gasteiger partial charge in [0.05, 0.1) is 6.42 Å². The lowest BCUT2D eigenvalue weighted by molar-refractivity contribution is -0.142. The maximum Gasteiger partial charge on any atom is 0.326 e. The number of amides is 6. The van der Waals surface area contributed by atoms with Crippen molar-refractivity contribution in [1.29, 1.82) is 0 Å². The first-order valence-corrected chi connectivity index (χ1v) is 22.0. The monoisotopic (exact) mass is 854 g/mol. The van der Waals surface area contributed by atoms with Gasteiger partial charge in [-0.15, -0.1) is 0 Å². The molecule has 0 saturated heterocycles. The van der Waals surface area contributed by atoms with Crippen LogP contribution in [0.2, 0.25) is 0 Å². The van der Waals surface area contributed by atoms with Crippen LogP contribution in [0.15, 0.2) is 91.0 Å². The first-order chi connectivity index (χ1) is 29.9. The summed E-state index contributed by atoms with van der Waals surface area (Å²) in [4.78, 5) is 87.5. The van der Waals surface area contributed by atoms with Gasteiger partial charge in [-0.2, -0.15) is 0 Å². The minimum absolute atomic E-state index is 0.0447. The second-order valence-electron chi connectivity index (χ2n) is 15.9. The van der Waals surface area contributed by atoms with Crippen molar-refractivity contribution in [3.63, 3.8) is 0 Å². The molecule has 0 aliphatic heterocycles. The standard InChI is InChI=1S/C48H66N6O8/c49-42(55)34-40(47(60)54-41(48(61)62)33-37-26-18-13-19-27-37)52-44(57)29-21-10-8-6-4-2-1-3-5-7-9-20-28-43(56)51-38(31-30-35-22-14-11-15-23-35)46(59)53-39(45(50)58)32-36-24-16-12-17-25-36/h11-19,22-27,38-41H,1-10,20-21,28-34H2,(H2,49,55)(H2,50,58)(H,51,56)(H,52,57)(H,53,59)(H,54,60)(H,61,62)/t38-,39-,40-,41-/m0/s1.